The van der Waals surface area contributed by atoms with Crippen LogP contribution >= 0.6 is 23.2 Å². The van der Waals surface area contributed by atoms with Crippen LogP contribution in [0.15, 0.2) is 36.4 Å². The summed E-state index contributed by atoms with van der Waals surface area (Å²) in [5.74, 6) is 0. The van der Waals surface area contributed by atoms with Crippen molar-refractivity contribution in [2.24, 2.45) is 0 Å². The fourth-order valence-electron chi connectivity index (χ4n) is 1.31. The molecule has 0 aliphatic rings. The summed E-state index contributed by atoms with van der Waals surface area (Å²) in [6.07, 6.45) is 2.94. The molecule has 0 spiro atoms. The molecule has 0 aliphatic heterocycles. The Bertz CT molecular complexity index is 322. The number of rotatable bonds is 0. The van der Waals surface area contributed by atoms with Crippen LogP contribution in [0.1, 0.15) is 5.56 Å². The van der Waals surface area contributed by atoms with E-state index in [1.807, 2.05) is 0 Å². The third-order valence-corrected chi connectivity index (χ3v) is 1.76. The van der Waals surface area contributed by atoms with Gasteiger partial charge in [-0.05, 0) is 0 Å². The van der Waals surface area contributed by atoms with E-state index in [-0.39, 0.29) is 25.8 Å². The summed E-state index contributed by atoms with van der Waals surface area (Å²) in [5.41, 5.74) is 1.35. The maximum atomic E-state index is 4.64. The average molecular weight is 409 g/mol. The van der Waals surface area contributed by atoms with Crippen molar-refractivity contribution in [1.82, 2.24) is 0 Å². The largest absolute Gasteiger partial charge is 0.165 e. The molecule has 2 aromatic rings. The van der Waals surface area contributed by atoms with E-state index in [2.05, 4.69) is 66.5 Å². The Hall–Kier alpha value is 0.280. The van der Waals surface area contributed by atoms with Crippen molar-refractivity contribution in [2.75, 3.05) is 12.8 Å². The van der Waals surface area contributed by atoms with Gasteiger partial charge in [0.2, 0.25) is 0 Å². The van der Waals surface area contributed by atoms with Gasteiger partial charge in [-0.25, -0.2) is 0 Å². The van der Waals surface area contributed by atoms with Gasteiger partial charge in [0, 0.05) is 38.6 Å². The predicted molar refractivity (Wildman–Crippen MR) is 67.8 cm³/mol. The Kier molecular flexibility index (Phi) is 12.7. The minimum absolute atomic E-state index is 0. The molecule has 0 aromatic heterocycles. The zero-order valence-corrected chi connectivity index (χ0v) is 14.3. The van der Waals surface area contributed by atoms with Crippen LogP contribution in [-0.4, -0.2) is 12.8 Å². The fraction of sp³-hybridized carbons (Fsp3) is 0.250. The minimum Gasteiger partial charge on any atom is -0.165 e. The first-order valence-corrected chi connectivity index (χ1v) is 5.75. The normalized spacial score (nSPS) is 7.80. The molecule has 3 heteroatoms. The first-order chi connectivity index (χ1) is 6.86. The van der Waals surface area contributed by atoms with Crippen LogP contribution in [-0.2, 0) is 25.8 Å². The standard InChI is InChI=1S/C10H9.2CH3Cl.Hf/c1-8-6-9-4-2-3-5-10(9)7-8;2*1-2;/h2-7H,1H3;2*1H3;/q-1;;;. The number of fused-ring (bicyclic) bond motifs is 1. The van der Waals surface area contributed by atoms with Gasteiger partial charge >= 0.3 is 0 Å². The van der Waals surface area contributed by atoms with Crippen molar-refractivity contribution >= 4 is 34.0 Å². The molecule has 0 heterocycles. The monoisotopic (exact) mass is 409 g/mol. The van der Waals surface area contributed by atoms with Gasteiger partial charge in [0.05, 0.1) is 0 Å². The van der Waals surface area contributed by atoms with E-state index < -0.39 is 0 Å². The molecule has 0 atom stereocenters. The summed E-state index contributed by atoms with van der Waals surface area (Å²) >= 11 is 9.28. The summed E-state index contributed by atoms with van der Waals surface area (Å²) in [4.78, 5) is 0. The van der Waals surface area contributed by atoms with Crippen molar-refractivity contribution < 1.29 is 25.8 Å². The van der Waals surface area contributed by atoms with Gasteiger partial charge in [0.15, 0.2) is 0 Å². The van der Waals surface area contributed by atoms with Gasteiger partial charge < -0.3 is 0 Å². The maximum absolute atomic E-state index is 4.64. The molecule has 0 unspecified atom stereocenters. The van der Waals surface area contributed by atoms with Crippen LogP contribution in [0.2, 0.25) is 0 Å². The Morgan fingerprint density at radius 1 is 1.00 bits per heavy atom. The van der Waals surface area contributed by atoms with E-state index in [9.17, 15) is 0 Å². The molecule has 0 amide bonds. The molecule has 2 aromatic carbocycles. The van der Waals surface area contributed by atoms with E-state index in [4.69, 9.17) is 0 Å². The van der Waals surface area contributed by atoms with Crippen molar-refractivity contribution in [3.05, 3.63) is 42.0 Å². The molecule has 0 fully saturated rings. The first kappa shape index (κ1) is 17.7. The molecule has 0 saturated carbocycles. The van der Waals surface area contributed by atoms with Gasteiger partial charge in [0.1, 0.15) is 0 Å². The van der Waals surface area contributed by atoms with Crippen LogP contribution in [0.25, 0.3) is 10.8 Å². The van der Waals surface area contributed by atoms with Crippen LogP contribution in [0.4, 0.5) is 0 Å². The third-order valence-electron chi connectivity index (χ3n) is 1.76. The predicted octanol–water partition coefficient (Wildman–Crippen LogP) is 4.57. The van der Waals surface area contributed by atoms with E-state index in [1.54, 1.807) is 0 Å². The van der Waals surface area contributed by atoms with Crippen LogP contribution in [0, 0.1) is 6.92 Å². The van der Waals surface area contributed by atoms with E-state index in [1.165, 1.54) is 29.1 Å². The number of aryl methyl sites for hydroxylation is 1. The molecule has 82 valence electrons. The average Bonchev–Trinajstić information content (AvgIpc) is 2.64. The summed E-state index contributed by atoms with van der Waals surface area (Å²) < 4.78 is 0. The van der Waals surface area contributed by atoms with Crippen molar-refractivity contribution in [2.45, 2.75) is 6.92 Å². The Labute approximate surface area is 121 Å². The third kappa shape index (κ3) is 5.79. The number of hydrogen-bond donors (Lipinski definition) is 0. The molecule has 0 nitrogen and oxygen atoms in total. The van der Waals surface area contributed by atoms with Crippen molar-refractivity contribution in [3.63, 3.8) is 0 Å². The van der Waals surface area contributed by atoms with Gasteiger partial charge in [0.25, 0.3) is 0 Å². The number of benzene rings is 1. The first-order valence-electron chi connectivity index (χ1n) is 4.24. The Morgan fingerprint density at radius 2 is 1.53 bits per heavy atom. The summed E-state index contributed by atoms with van der Waals surface area (Å²) in [5, 5.41) is 2.69. The van der Waals surface area contributed by atoms with E-state index >= 15 is 0 Å². The number of hydrogen-bond acceptors (Lipinski definition) is 0. The second-order valence-electron chi connectivity index (χ2n) is 2.66. The molecule has 0 bridgehead atoms. The van der Waals surface area contributed by atoms with Gasteiger partial charge in [-0.3, -0.25) is 0 Å². The van der Waals surface area contributed by atoms with Crippen LogP contribution in [0.3, 0.4) is 0 Å². The quantitative estimate of drug-likeness (QED) is 0.340. The van der Waals surface area contributed by atoms with Crippen LogP contribution in [0.5, 0.6) is 0 Å². The minimum atomic E-state index is 0. The number of halogens is 2. The molecular weight excluding hydrogens is 394 g/mol. The molecule has 0 aliphatic carbocycles. The Morgan fingerprint density at radius 3 is 2.07 bits per heavy atom. The fourth-order valence-corrected chi connectivity index (χ4v) is 1.31. The summed E-state index contributed by atoms with van der Waals surface area (Å²) in [6.45, 7) is 2.12. The summed E-state index contributed by atoms with van der Waals surface area (Å²) in [6, 6.07) is 12.8. The smallest absolute Gasteiger partial charge is 0.0108 e. The van der Waals surface area contributed by atoms with Gasteiger partial charge in [-0.15, -0.1) is 63.8 Å². The second kappa shape index (κ2) is 10.8. The number of alkyl halides is 2. The molecule has 0 radical (unpaired) electrons. The molecular formula is C12H15Cl2Hf-. The molecule has 15 heavy (non-hydrogen) atoms. The zero-order valence-electron chi connectivity index (χ0n) is 9.22. The van der Waals surface area contributed by atoms with Gasteiger partial charge in [-0.2, -0.15) is 6.07 Å². The van der Waals surface area contributed by atoms with E-state index in [0.29, 0.717) is 0 Å². The SMILES string of the molecule is CCl.CCl.Cc1cc2ccccc2[cH-]1.[Hf]. The van der Waals surface area contributed by atoms with Gasteiger partial charge in [-0.1, -0.05) is 13.0 Å². The van der Waals surface area contributed by atoms with Crippen molar-refractivity contribution in [3.8, 4) is 0 Å². The van der Waals surface area contributed by atoms with Crippen LogP contribution < -0.4 is 0 Å². The zero-order chi connectivity index (χ0) is 11.0. The summed E-state index contributed by atoms with van der Waals surface area (Å²) in [7, 11) is 0. The topological polar surface area (TPSA) is 0 Å². The molecule has 2 rings (SSSR count). The Balaban J connectivity index is 0. The molecule has 0 N–H and O–H groups in total. The van der Waals surface area contributed by atoms with Crippen molar-refractivity contribution in [1.29, 1.82) is 0 Å². The molecule has 0 saturated heterocycles. The second-order valence-corrected chi connectivity index (χ2v) is 2.66. The van der Waals surface area contributed by atoms with E-state index in [0.717, 1.165) is 0 Å². The maximum Gasteiger partial charge on any atom is 0.0108 e.